The molecule has 0 saturated carbocycles. The summed E-state index contributed by atoms with van der Waals surface area (Å²) in [7, 11) is 0. The van der Waals surface area contributed by atoms with Crippen molar-refractivity contribution in [3.05, 3.63) is 121 Å². The highest BCUT2D eigenvalue weighted by Gasteiger charge is 2.37. The number of benzene rings is 2. The lowest BCUT2D eigenvalue weighted by atomic mass is 10.1. The van der Waals surface area contributed by atoms with Gasteiger partial charge in [-0.05, 0) is 56.6 Å². The lowest BCUT2D eigenvalue weighted by Crippen LogP contribution is -2.54. The molecule has 3 heterocycles. The first-order valence-corrected chi connectivity index (χ1v) is 16.8. The molecule has 53 heavy (non-hydrogen) atoms. The third-order valence-electron chi connectivity index (χ3n) is 9.30. The molecule has 0 spiro atoms. The lowest BCUT2D eigenvalue weighted by molar-refractivity contribution is -0.153. The molecule has 1 aliphatic rings. The molecule has 2 N–H and O–H groups in total. The summed E-state index contributed by atoms with van der Waals surface area (Å²) in [5, 5.41) is 12.3. The van der Waals surface area contributed by atoms with Gasteiger partial charge in [-0.3, -0.25) is 23.6 Å². The fourth-order valence-corrected chi connectivity index (χ4v) is 6.56. The van der Waals surface area contributed by atoms with Crippen molar-refractivity contribution in [3.63, 3.8) is 0 Å². The second-order valence-corrected chi connectivity index (χ2v) is 12.9. The molecule has 5 rings (SSSR count). The van der Waals surface area contributed by atoms with Crippen LogP contribution in [0.15, 0.2) is 74.7 Å². The van der Waals surface area contributed by atoms with Gasteiger partial charge in [0.1, 0.15) is 17.3 Å². The van der Waals surface area contributed by atoms with E-state index in [9.17, 15) is 40.7 Å². The zero-order valence-corrected chi connectivity index (χ0v) is 28.8. The zero-order valence-electron chi connectivity index (χ0n) is 28.8. The Morgan fingerprint density at radius 2 is 1.66 bits per heavy atom. The monoisotopic (exact) mass is 753 g/mol. The Bertz CT molecular complexity index is 2020. The van der Waals surface area contributed by atoms with E-state index in [0.717, 1.165) is 27.3 Å². The molecule has 4 aromatic rings. The highest BCUT2D eigenvalue weighted by Crippen LogP contribution is 2.34. The Hall–Kier alpha value is -4.90. The topological polar surface area (TPSA) is 113 Å². The van der Waals surface area contributed by atoms with Crippen molar-refractivity contribution < 1.29 is 45.1 Å². The van der Waals surface area contributed by atoms with Crippen LogP contribution in [0.2, 0.25) is 0 Å². The average Bonchev–Trinajstić information content (AvgIpc) is 3.57. The van der Waals surface area contributed by atoms with Gasteiger partial charge in [0.15, 0.2) is 0 Å². The Labute approximate surface area is 299 Å². The molecule has 0 aliphatic carbocycles. The predicted molar refractivity (Wildman–Crippen MR) is 180 cm³/mol. The van der Waals surface area contributed by atoms with Crippen molar-refractivity contribution in [2.75, 3.05) is 31.1 Å². The standard InChI is InChI=1S/C36H38F7N5O5/c1-22-18-46(17-16-45(22)19-25-13-14-30(53-25)36(41,42)43)32-23(2)47(20-26-27(35(38,39)40)10-6-11-28(26)37)34(52)48(33(32)51)21-29(24-8-4-3-5-9-24)44-15-7-12-31(49)50/h3-6,8-11,13-14,22,29,44H,7,12,15-21H2,1-2H3,(H,49,50)/t22?,29-/m0/s1. The number of halogens is 7. The van der Waals surface area contributed by atoms with Crippen molar-refractivity contribution in [2.24, 2.45) is 0 Å². The van der Waals surface area contributed by atoms with Gasteiger partial charge in [-0.15, -0.1) is 0 Å². The maximum Gasteiger partial charge on any atom is 0.449 e. The average molecular weight is 754 g/mol. The number of aliphatic carboxylic acids is 1. The SMILES string of the molecule is Cc1c(N2CCN(Cc3ccc(C(F)(F)F)o3)C(C)C2)c(=O)n(C[C@H](NCCCC(=O)O)c2ccccc2)c(=O)n1Cc1c(F)cccc1C(F)(F)F. The number of alkyl halides is 6. The summed E-state index contributed by atoms with van der Waals surface area (Å²) in [6, 6.07) is 12.1. The minimum absolute atomic E-state index is 0.000176. The minimum Gasteiger partial charge on any atom is -0.481 e. The highest BCUT2D eigenvalue weighted by molar-refractivity contribution is 5.66. The molecule has 1 fully saturated rings. The first kappa shape index (κ1) is 39.3. The fourth-order valence-electron chi connectivity index (χ4n) is 6.56. The van der Waals surface area contributed by atoms with E-state index in [4.69, 9.17) is 9.52 Å². The molecule has 0 amide bonds. The van der Waals surface area contributed by atoms with Gasteiger partial charge in [0.25, 0.3) is 5.56 Å². The number of carboxylic acid groups (broad SMARTS) is 1. The third kappa shape index (κ3) is 9.19. The lowest BCUT2D eigenvalue weighted by Gasteiger charge is -2.41. The number of carbonyl (C=O) groups is 1. The predicted octanol–water partition coefficient (Wildman–Crippen LogP) is 6.04. The number of anilines is 1. The van der Waals surface area contributed by atoms with Crippen molar-refractivity contribution in [1.29, 1.82) is 0 Å². The van der Waals surface area contributed by atoms with Crippen LogP contribution in [0, 0.1) is 12.7 Å². The molecule has 10 nitrogen and oxygen atoms in total. The van der Waals surface area contributed by atoms with Gasteiger partial charge in [-0.25, -0.2) is 9.18 Å². The summed E-state index contributed by atoms with van der Waals surface area (Å²) < 4.78 is 104. The van der Waals surface area contributed by atoms with E-state index in [1.165, 1.54) is 13.0 Å². The van der Waals surface area contributed by atoms with Gasteiger partial charge in [0.05, 0.1) is 31.2 Å². The maximum absolute atomic E-state index is 15.1. The molecule has 17 heteroatoms. The first-order valence-electron chi connectivity index (χ1n) is 16.8. The molecule has 2 atom stereocenters. The molecular weight excluding hydrogens is 715 g/mol. The second kappa shape index (κ2) is 16.0. The molecule has 1 unspecified atom stereocenters. The first-order chi connectivity index (χ1) is 25.0. The number of hydrogen-bond donors (Lipinski definition) is 2. The van der Waals surface area contributed by atoms with Crippen LogP contribution >= 0.6 is 0 Å². The molecule has 2 aromatic heterocycles. The summed E-state index contributed by atoms with van der Waals surface area (Å²) in [5.41, 5.74) is -3.16. The van der Waals surface area contributed by atoms with E-state index in [0.29, 0.717) is 11.6 Å². The molecule has 1 aliphatic heterocycles. The van der Waals surface area contributed by atoms with Crippen molar-refractivity contribution >= 4 is 11.7 Å². The van der Waals surface area contributed by atoms with E-state index in [-0.39, 0.29) is 75.3 Å². The van der Waals surface area contributed by atoms with Gasteiger partial charge in [-0.1, -0.05) is 36.4 Å². The number of carboxylic acids is 1. The normalized spacial score (nSPS) is 16.2. The van der Waals surface area contributed by atoms with Gasteiger partial charge >= 0.3 is 24.0 Å². The van der Waals surface area contributed by atoms with Crippen LogP contribution in [0.3, 0.4) is 0 Å². The van der Waals surface area contributed by atoms with Gasteiger partial charge < -0.3 is 19.7 Å². The number of nitrogens with zero attached hydrogens (tertiary/aromatic N) is 4. The van der Waals surface area contributed by atoms with Crippen LogP contribution in [0.1, 0.15) is 59.7 Å². The Balaban J connectivity index is 1.55. The fraction of sp³-hybridized carbons (Fsp3) is 0.417. The van der Waals surface area contributed by atoms with Crippen LogP contribution in [0.25, 0.3) is 0 Å². The summed E-state index contributed by atoms with van der Waals surface area (Å²) in [6.07, 6.45) is -9.53. The summed E-state index contributed by atoms with van der Waals surface area (Å²) in [4.78, 5) is 43.2. The van der Waals surface area contributed by atoms with Gasteiger partial charge in [0, 0.05) is 43.4 Å². The van der Waals surface area contributed by atoms with Crippen LogP contribution in [-0.2, 0) is 36.8 Å². The minimum atomic E-state index is -4.95. The molecule has 0 radical (unpaired) electrons. The Morgan fingerprint density at radius 1 is 0.943 bits per heavy atom. The Morgan fingerprint density at radius 3 is 2.28 bits per heavy atom. The van der Waals surface area contributed by atoms with Crippen LogP contribution in [-0.4, -0.2) is 57.3 Å². The van der Waals surface area contributed by atoms with Crippen LogP contribution < -0.4 is 21.5 Å². The maximum atomic E-state index is 15.1. The third-order valence-corrected chi connectivity index (χ3v) is 9.30. The molecular formula is C36H38F7N5O5. The number of piperazine rings is 1. The van der Waals surface area contributed by atoms with E-state index in [1.54, 1.807) is 42.2 Å². The molecule has 286 valence electrons. The van der Waals surface area contributed by atoms with Crippen LogP contribution in [0.5, 0.6) is 0 Å². The van der Waals surface area contributed by atoms with E-state index >= 15 is 4.39 Å². The molecule has 1 saturated heterocycles. The van der Waals surface area contributed by atoms with E-state index < -0.39 is 64.9 Å². The molecule has 0 bridgehead atoms. The van der Waals surface area contributed by atoms with Gasteiger partial charge in [-0.2, -0.15) is 26.3 Å². The zero-order chi connectivity index (χ0) is 38.7. The largest absolute Gasteiger partial charge is 0.481 e. The number of rotatable bonds is 13. The van der Waals surface area contributed by atoms with Crippen molar-refractivity contribution in [1.82, 2.24) is 19.4 Å². The van der Waals surface area contributed by atoms with Crippen molar-refractivity contribution in [2.45, 2.75) is 70.8 Å². The number of furan rings is 1. The highest BCUT2D eigenvalue weighted by atomic mass is 19.4. The van der Waals surface area contributed by atoms with Gasteiger partial charge in [0.2, 0.25) is 5.76 Å². The number of nitrogens with one attached hydrogen (secondary N) is 1. The summed E-state index contributed by atoms with van der Waals surface area (Å²) >= 11 is 0. The number of aromatic nitrogens is 2. The second-order valence-electron chi connectivity index (χ2n) is 12.9. The smallest absolute Gasteiger partial charge is 0.449 e. The summed E-state index contributed by atoms with van der Waals surface area (Å²) in [6.45, 7) is 2.78. The Kier molecular flexibility index (Phi) is 11.9. The number of hydrogen-bond acceptors (Lipinski definition) is 7. The van der Waals surface area contributed by atoms with E-state index in [2.05, 4.69) is 5.32 Å². The van der Waals surface area contributed by atoms with Crippen LogP contribution in [0.4, 0.5) is 36.4 Å². The van der Waals surface area contributed by atoms with E-state index in [1.807, 2.05) is 4.90 Å². The molecule has 2 aromatic carbocycles. The summed E-state index contributed by atoms with van der Waals surface area (Å²) in [5.74, 6) is -3.26. The quantitative estimate of drug-likeness (QED) is 0.126. The van der Waals surface area contributed by atoms with Crippen molar-refractivity contribution in [3.8, 4) is 0 Å².